The van der Waals surface area contributed by atoms with Gasteiger partial charge in [0.15, 0.2) is 0 Å². The van der Waals surface area contributed by atoms with Crippen molar-refractivity contribution in [2.24, 2.45) is 0 Å². The molecule has 7 nitrogen and oxygen atoms in total. The van der Waals surface area contributed by atoms with Crippen LogP contribution in [0.1, 0.15) is 6.42 Å². The molecule has 1 fully saturated rings. The SMILES string of the molecule is Nc1ncc(-c2cc(OCC(O)CN3CCCOCC3)cc3ccccc23)cn1. The fraction of sp³-hybridized carbons (Fsp3) is 0.364. The highest BCUT2D eigenvalue weighted by atomic mass is 16.5. The minimum Gasteiger partial charge on any atom is -0.491 e. The minimum absolute atomic E-state index is 0.230. The topological polar surface area (TPSA) is 93.7 Å². The molecule has 2 aromatic carbocycles. The van der Waals surface area contributed by atoms with Gasteiger partial charge in [0.05, 0.1) is 6.61 Å². The van der Waals surface area contributed by atoms with Gasteiger partial charge in [-0.3, -0.25) is 4.90 Å². The van der Waals surface area contributed by atoms with Crippen molar-refractivity contribution >= 4 is 16.7 Å². The fourth-order valence-electron chi connectivity index (χ4n) is 3.61. The van der Waals surface area contributed by atoms with E-state index in [0.29, 0.717) is 18.9 Å². The van der Waals surface area contributed by atoms with E-state index in [4.69, 9.17) is 15.2 Å². The lowest BCUT2D eigenvalue weighted by atomic mass is 10.00. The van der Waals surface area contributed by atoms with Crippen LogP contribution in [-0.4, -0.2) is 65.5 Å². The van der Waals surface area contributed by atoms with Crippen molar-refractivity contribution in [2.75, 3.05) is 45.2 Å². The molecule has 0 radical (unpaired) electrons. The summed E-state index contributed by atoms with van der Waals surface area (Å²) in [5, 5.41) is 12.6. The number of fused-ring (bicyclic) bond motifs is 1. The monoisotopic (exact) mass is 394 g/mol. The first-order valence-corrected chi connectivity index (χ1v) is 9.91. The minimum atomic E-state index is -0.567. The third-order valence-electron chi connectivity index (χ3n) is 5.04. The summed E-state index contributed by atoms with van der Waals surface area (Å²) >= 11 is 0. The number of aliphatic hydroxyl groups excluding tert-OH is 1. The van der Waals surface area contributed by atoms with Gasteiger partial charge >= 0.3 is 0 Å². The first-order chi connectivity index (χ1) is 14.2. The van der Waals surface area contributed by atoms with Crippen LogP contribution in [0.2, 0.25) is 0 Å². The number of hydrogen-bond donors (Lipinski definition) is 2. The van der Waals surface area contributed by atoms with Gasteiger partial charge in [0.1, 0.15) is 18.5 Å². The number of ether oxygens (including phenoxy) is 2. The van der Waals surface area contributed by atoms with Crippen molar-refractivity contribution < 1.29 is 14.6 Å². The summed E-state index contributed by atoms with van der Waals surface area (Å²) < 4.78 is 11.4. The van der Waals surface area contributed by atoms with Gasteiger partial charge < -0.3 is 20.3 Å². The summed E-state index contributed by atoms with van der Waals surface area (Å²) in [5.74, 6) is 0.946. The fourth-order valence-corrected chi connectivity index (χ4v) is 3.61. The molecule has 1 atom stereocenters. The number of hydrogen-bond acceptors (Lipinski definition) is 7. The molecule has 152 valence electrons. The van der Waals surface area contributed by atoms with E-state index in [2.05, 4.69) is 20.9 Å². The number of aromatic nitrogens is 2. The Hall–Kier alpha value is -2.74. The Morgan fingerprint density at radius 2 is 1.97 bits per heavy atom. The van der Waals surface area contributed by atoms with Crippen LogP contribution >= 0.6 is 0 Å². The zero-order valence-corrected chi connectivity index (χ0v) is 16.3. The van der Waals surface area contributed by atoms with Crippen LogP contribution in [-0.2, 0) is 4.74 Å². The summed E-state index contributed by atoms with van der Waals surface area (Å²) in [6.07, 6.45) is 3.85. The average Bonchev–Trinajstić information content (AvgIpc) is 3.01. The summed E-state index contributed by atoms with van der Waals surface area (Å²) in [7, 11) is 0. The van der Waals surface area contributed by atoms with Gasteiger partial charge in [0.2, 0.25) is 5.95 Å². The molecule has 2 heterocycles. The van der Waals surface area contributed by atoms with Crippen molar-refractivity contribution in [3.8, 4) is 16.9 Å². The maximum Gasteiger partial charge on any atom is 0.219 e. The molecule has 7 heteroatoms. The van der Waals surface area contributed by atoms with Crippen LogP contribution < -0.4 is 10.5 Å². The van der Waals surface area contributed by atoms with E-state index in [1.165, 1.54) is 0 Å². The normalized spacial score (nSPS) is 16.4. The van der Waals surface area contributed by atoms with Gasteiger partial charge in [0, 0.05) is 44.2 Å². The largest absolute Gasteiger partial charge is 0.491 e. The van der Waals surface area contributed by atoms with E-state index < -0.39 is 6.10 Å². The second kappa shape index (κ2) is 9.17. The Labute approximate surface area is 170 Å². The third kappa shape index (κ3) is 5.00. The Morgan fingerprint density at radius 3 is 2.83 bits per heavy atom. The molecule has 1 unspecified atom stereocenters. The van der Waals surface area contributed by atoms with Gasteiger partial charge in [-0.25, -0.2) is 9.97 Å². The lowest BCUT2D eigenvalue weighted by Crippen LogP contribution is -2.37. The maximum atomic E-state index is 10.4. The van der Waals surface area contributed by atoms with Crippen molar-refractivity contribution in [2.45, 2.75) is 12.5 Å². The van der Waals surface area contributed by atoms with Crippen LogP contribution in [0.4, 0.5) is 5.95 Å². The summed E-state index contributed by atoms with van der Waals surface area (Å²) in [5.41, 5.74) is 7.46. The number of nitrogens with two attached hydrogens (primary N) is 1. The van der Waals surface area contributed by atoms with Crippen molar-refractivity contribution in [3.05, 3.63) is 48.8 Å². The predicted molar refractivity (Wildman–Crippen MR) is 113 cm³/mol. The Balaban J connectivity index is 1.50. The van der Waals surface area contributed by atoms with Crippen LogP contribution in [0.3, 0.4) is 0 Å². The van der Waals surface area contributed by atoms with Crippen LogP contribution in [0.25, 0.3) is 21.9 Å². The molecule has 0 bridgehead atoms. The number of anilines is 1. The highest BCUT2D eigenvalue weighted by Crippen LogP contribution is 2.32. The molecule has 0 aliphatic carbocycles. The van der Waals surface area contributed by atoms with Gasteiger partial charge in [-0.2, -0.15) is 0 Å². The number of aliphatic hydroxyl groups is 1. The van der Waals surface area contributed by atoms with Gasteiger partial charge in [-0.15, -0.1) is 0 Å². The third-order valence-corrected chi connectivity index (χ3v) is 5.04. The van der Waals surface area contributed by atoms with Crippen LogP contribution in [0, 0.1) is 0 Å². The number of nitrogens with zero attached hydrogens (tertiary/aromatic N) is 3. The average molecular weight is 394 g/mol. The second-order valence-corrected chi connectivity index (χ2v) is 7.25. The van der Waals surface area contributed by atoms with Crippen LogP contribution in [0.15, 0.2) is 48.8 Å². The predicted octanol–water partition coefficient (Wildman–Crippen LogP) is 2.34. The van der Waals surface area contributed by atoms with E-state index in [1.807, 2.05) is 30.3 Å². The Bertz CT molecular complexity index is 940. The Morgan fingerprint density at radius 1 is 1.14 bits per heavy atom. The smallest absolute Gasteiger partial charge is 0.219 e. The van der Waals surface area contributed by atoms with E-state index in [9.17, 15) is 5.11 Å². The lowest BCUT2D eigenvalue weighted by Gasteiger charge is -2.22. The molecule has 29 heavy (non-hydrogen) atoms. The lowest BCUT2D eigenvalue weighted by molar-refractivity contribution is 0.0659. The first kappa shape index (κ1) is 19.6. The standard InChI is InChI=1S/C22H26N4O3/c23-22-24-12-17(13-25-22)21-11-19(10-16-4-1-2-5-20(16)21)29-15-18(27)14-26-6-3-8-28-9-7-26/h1-2,4-5,10-13,18,27H,3,6-9,14-15H2,(H2,23,24,25). The van der Waals surface area contributed by atoms with E-state index in [1.54, 1.807) is 12.4 Å². The quantitative estimate of drug-likeness (QED) is 0.663. The number of benzene rings is 2. The number of β-amino-alcohol motifs (C(OH)–C–C–N with tert-alkyl or cyclic N) is 1. The van der Waals surface area contributed by atoms with Crippen molar-refractivity contribution in [3.63, 3.8) is 0 Å². The molecular formula is C22H26N4O3. The molecule has 3 aromatic rings. The molecule has 0 saturated carbocycles. The van der Waals surface area contributed by atoms with Gasteiger partial charge in [-0.1, -0.05) is 24.3 Å². The highest BCUT2D eigenvalue weighted by Gasteiger charge is 2.15. The summed E-state index contributed by atoms with van der Waals surface area (Å²) in [6, 6.07) is 12.0. The summed E-state index contributed by atoms with van der Waals surface area (Å²) in [4.78, 5) is 10.4. The first-order valence-electron chi connectivity index (χ1n) is 9.91. The highest BCUT2D eigenvalue weighted by molar-refractivity contribution is 5.97. The molecule has 1 saturated heterocycles. The molecule has 0 amide bonds. The van der Waals surface area contributed by atoms with Gasteiger partial charge in [0.25, 0.3) is 0 Å². The van der Waals surface area contributed by atoms with E-state index >= 15 is 0 Å². The zero-order valence-electron chi connectivity index (χ0n) is 16.3. The molecular weight excluding hydrogens is 368 g/mol. The molecule has 1 aliphatic rings. The molecule has 0 spiro atoms. The van der Waals surface area contributed by atoms with E-state index in [0.717, 1.165) is 48.0 Å². The van der Waals surface area contributed by atoms with Crippen molar-refractivity contribution in [1.29, 1.82) is 0 Å². The summed E-state index contributed by atoms with van der Waals surface area (Å²) in [6.45, 7) is 4.09. The molecule has 1 aliphatic heterocycles. The molecule has 1 aromatic heterocycles. The van der Waals surface area contributed by atoms with Gasteiger partial charge in [-0.05, 0) is 34.9 Å². The number of rotatable bonds is 6. The number of nitrogen functional groups attached to an aromatic ring is 1. The Kier molecular flexibility index (Phi) is 6.19. The maximum absolute atomic E-state index is 10.4. The second-order valence-electron chi connectivity index (χ2n) is 7.25. The van der Waals surface area contributed by atoms with Crippen LogP contribution in [0.5, 0.6) is 5.75 Å². The van der Waals surface area contributed by atoms with Crippen molar-refractivity contribution in [1.82, 2.24) is 14.9 Å². The molecule has 3 N–H and O–H groups in total. The zero-order chi connectivity index (χ0) is 20.1. The van der Waals surface area contributed by atoms with E-state index in [-0.39, 0.29) is 12.6 Å². The molecule has 4 rings (SSSR count).